The Morgan fingerprint density at radius 1 is 0.389 bits per heavy atom. The van der Waals surface area contributed by atoms with Crippen LogP contribution < -0.4 is 4.90 Å². The van der Waals surface area contributed by atoms with Crippen LogP contribution in [0.4, 0.5) is 17.1 Å². The summed E-state index contributed by atoms with van der Waals surface area (Å²) in [5.41, 5.74) is 7.63. The normalized spacial score (nSPS) is 11.3. The zero-order valence-corrected chi connectivity index (χ0v) is 19.6. The van der Waals surface area contributed by atoms with Crippen LogP contribution in [0.25, 0.3) is 43.8 Å². The van der Waals surface area contributed by atoms with E-state index in [9.17, 15) is 0 Å². The first-order chi connectivity index (χ1) is 17.8. The molecule has 0 radical (unpaired) electrons. The van der Waals surface area contributed by atoms with Gasteiger partial charge >= 0.3 is 0 Å². The quantitative estimate of drug-likeness (QED) is 0.259. The molecule has 0 aliphatic heterocycles. The van der Waals surface area contributed by atoms with E-state index in [1.807, 2.05) is 12.1 Å². The summed E-state index contributed by atoms with van der Waals surface area (Å²) in [4.78, 5) is 2.28. The molecular weight excluding hydrogens is 438 g/mol. The van der Waals surface area contributed by atoms with Crippen LogP contribution in [0.2, 0.25) is 0 Å². The third kappa shape index (κ3) is 3.52. The van der Waals surface area contributed by atoms with Crippen molar-refractivity contribution in [1.82, 2.24) is 0 Å². The van der Waals surface area contributed by atoms with Gasteiger partial charge in [-0.3, -0.25) is 0 Å². The molecular formula is C34H23NO. The molecule has 0 saturated heterocycles. The van der Waals surface area contributed by atoms with E-state index in [1.165, 1.54) is 21.9 Å². The fraction of sp³-hybridized carbons (Fsp3) is 0. The van der Waals surface area contributed by atoms with Gasteiger partial charge in [-0.05, 0) is 82.6 Å². The van der Waals surface area contributed by atoms with Gasteiger partial charge in [-0.1, -0.05) is 78.9 Å². The smallest absolute Gasteiger partial charge is 0.136 e. The molecule has 0 unspecified atom stereocenters. The van der Waals surface area contributed by atoms with Crippen molar-refractivity contribution in [3.63, 3.8) is 0 Å². The lowest BCUT2D eigenvalue weighted by atomic mass is 9.99. The van der Waals surface area contributed by atoms with Crippen LogP contribution in [0, 0.1) is 0 Å². The molecule has 0 fully saturated rings. The van der Waals surface area contributed by atoms with E-state index in [0.717, 1.165) is 39.0 Å². The molecule has 0 amide bonds. The summed E-state index contributed by atoms with van der Waals surface area (Å²) in [6.45, 7) is 0. The Bertz CT molecular complexity index is 1780. The summed E-state index contributed by atoms with van der Waals surface area (Å²) in [6.07, 6.45) is 0. The summed E-state index contributed by atoms with van der Waals surface area (Å²) in [7, 11) is 0. The Morgan fingerprint density at radius 3 is 1.72 bits per heavy atom. The Morgan fingerprint density at radius 2 is 1.00 bits per heavy atom. The van der Waals surface area contributed by atoms with Gasteiger partial charge in [0.2, 0.25) is 0 Å². The first kappa shape index (κ1) is 20.5. The lowest BCUT2D eigenvalue weighted by Crippen LogP contribution is -2.09. The summed E-state index contributed by atoms with van der Waals surface area (Å²) in [5, 5.41) is 4.72. The van der Waals surface area contributed by atoms with Gasteiger partial charge in [0.15, 0.2) is 0 Å². The topological polar surface area (TPSA) is 16.4 Å². The van der Waals surface area contributed by atoms with E-state index in [4.69, 9.17) is 4.42 Å². The molecule has 0 aliphatic carbocycles. The third-order valence-corrected chi connectivity index (χ3v) is 6.82. The molecule has 0 atom stereocenters. The molecule has 7 rings (SSSR count). The van der Waals surface area contributed by atoms with Gasteiger partial charge in [-0.25, -0.2) is 0 Å². The van der Waals surface area contributed by atoms with Crippen molar-refractivity contribution >= 4 is 49.8 Å². The Labute approximate surface area is 209 Å². The number of furan rings is 1. The van der Waals surface area contributed by atoms with Crippen LogP contribution in [0.3, 0.4) is 0 Å². The van der Waals surface area contributed by atoms with Crippen molar-refractivity contribution in [3.05, 3.63) is 140 Å². The highest BCUT2D eigenvalue weighted by atomic mass is 16.3. The Balaban J connectivity index is 1.28. The minimum Gasteiger partial charge on any atom is -0.456 e. The highest BCUT2D eigenvalue weighted by Crippen LogP contribution is 2.37. The molecule has 2 heteroatoms. The summed E-state index contributed by atoms with van der Waals surface area (Å²) < 4.78 is 6.13. The maximum absolute atomic E-state index is 6.13. The molecule has 0 bridgehead atoms. The second-order valence-corrected chi connectivity index (χ2v) is 9.06. The minimum absolute atomic E-state index is 0.928. The van der Waals surface area contributed by atoms with Crippen molar-refractivity contribution < 1.29 is 4.42 Å². The monoisotopic (exact) mass is 461 g/mol. The lowest BCUT2D eigenvalue weighted by molar-refractivity contribution is 0.669. The summed E-state index contributed by atoms with van der Waals surface area (Å²) in [5.74, 6) is 0. The highest BCUT2D eigenvalue weighted by Gasteiger charge is 2.12. The first-order valence-electron chi connectivity index (χ1n) is 12.2. The van der Waals surface area contributed by atoms with Crippen molar-refractivity contribution in [1.29, 1.82) is 0 Å². The third-order valence-electron chi connectivity index (χ3n) is 6.82. The number of benzene rings is 6. The Hall–Kier alpha value is -4.82. The van der Waals surface area contributed by atoms with Crippen molar-refractivity contribution in [2.45, 2.75) is 0 Å². The maximum Gasteiger partial charge on any atom is 0.136 e. The maximum atomic E-state index is 6.13. The van der Waals surface area contributed by atoms with Crippen LogP contribution >= 0.6 is 0 Å². The zero-order chi connectivity index (χ0) is 23.9. The number of rotatable bonds is 4. The predicted octanol–water partition coefficient (Wildman–Crippen LogP) is 9.88. The first-order valence-corrected chi connectivity index (χ1v) is 12.2. The summed E-state index contributed by atoms with van der Waals surface area (Å²) in [6, 6.07) is 49.1. The SMILES string of the molecule is c1ccc(N(c2ccccc2)c2ccc(-c3ccc4cc5c(cc4c3)oc3ccccc35)cc2)cc1. The van der Waals surface area contributed by atoms with Crippen molar-refractivity contribution in [3.8, 4) is 11.1 Å². The molecule has 6 aromatic carbocycles. The standard InChI is InChI=1S/C34H23NO/c1-3-9-28(10-4-1)35(29-11-5-2-6-12-29)30-19-17-24(18-20-30)25-15-16-26-22-32-31-13-7-8-14-33(31)36-34(32)23-27(26)21-25/h1-23H. The average molecular weight is 462 g/mol. The second kappa shape index (κ2) is 8.44. The van der Waals surface area contributed by atoms with E-state index in [-0.39, 0.29) is 0 Å². The molecule has 2 nitrogen and oxygen atoms in total. The Kier molecular flexibility index (Phi) is 4.82. The van der Waals surface area contributed by atoms with Gasteiger partial charge in [-0.15, -0.1) is 0 Å². The highest BCUT2D eigenvalue weighted by molar-refractivity contribution is 6.10. The number of fused-ring (bicyclic) bond motifs is 4. The molecule has 36 heavy (non-hydrogen) atoms. The van der Waals surface area contributed by atoms with E-state index in [0.29, 0.717) is 0 Å². The van der Waals surface area contributed by atoms with Crippen molar-refractivity contribution in [2.24, 2.45) is 0 Å². The second-order valence-electron chi connectivity index (χ2n) is 9.06. The van der Waals surface area contributed by atoms with Crippen LogP contribution in [0.15, 0.2) is 144 Å². The average Bonchev–Trinajstić information content (AvgIpc) is 3.30. The van der Waals surface area contributed by atoms with E-state index >= 15 is 0 Å². The van der Waals surface area contributed by atoms with E-state index < -0.39 is 0 Å². The fourth-order valence-corrected chi connectivity index (χ4v) is 5.05. The largest absolute Gasteiger partial charge is 0.456 e. The van der Waals surface area contributed by atoms with Gasteiger partial charge in [0.1, 0.15) is 11.2 Å². The van der Waals surface area contributed by atoms with Gasteiger partial charge in [-0.2, -0.15) is 0 Å². The molecule has 0 aliphatic rings. The molecule has 0 N–H and O–H groups in total. The minimum atomic E-state index is 0.928. The molecule has 0 saturated carbocycles. The number of anilines is 3. The van der Waals surface area contributed by atoms with Gasteiger partial charge < -0.3 is 9.32 Å². The van der Waals surface area contributed by atoms with Gasteiger partial charge in [0, 0.05) is 27.8 Å². The van der Waals surface area contributed by atoms with Crippen LogP contribution in [-0.2, 0) is 0 Å². The molecule has 7 aromatic rings. The number of hydrogen-bond acceptors (Lipinski definition) is 2. The lowest BCUT2D eigenvalue weighted by Gasteiger charge is -2.25. The zero-order valence-electron chi connectivity index (χ0n) is 19.6. The number of nitrogens with zero attached hydrogens (tertiary/aromatic N) is 1. The summed E-state index contributed by atoms with van der Waals surface area (Å²) >= 11 is 0. The van der Waals surface area contributed by atoms with Crippen LogP contribution in [-0.4, -0.2) is 0 Å². The molecule has 170 valence electrons. The van der Waals surface area contributed by atoms with Crippen molar-refractivity contribution in [2.75, 3.05) is 4.90 Å². The molecule has 0 spiro atoms. The van der Waals surface area contributed by atoms with Gasteiger partial charge in [0.05, 0.1) is 0 Å². The predicted molar refractivity (Wildman–Crippen MR) is 151 cm³/mol. The van der Waals surface area contributed by atoms with Crippen LogP contribution in [0.1, 0.15) is 0 Å². The van der Waals surface area contributed by atoms with Gasteiger partial charge in [0.25, 0.3) is 0 Å². The van der Waals surface area contributed by atoms with E-state index in [1.54, 1.807) is 0 Å². The van der Waals surface area contributed by atoms with E-state index in [2.05, 4.69) is 132 Å². The molecule has 1 heterocycles. The number of para-hydroxylation sites is 3. The molecule has 1 aromatic heterocycles. The fourth-order valence-electron chi connectivity index (χ4n) is 5.05. The van der Waals surface area contributed by atoms with Crippen LogP contribution in [0.5, 0.6) is 0 Å². The number of hydrogen-bond donors (Lipinski definition) is 0.